The number of carbonyl (C=O) groups is 2. The lowest BCUT2D eigenvalue weighted by molar-refractivity contribution is -0.149. The predicted octanol–water partition coefficient (Wildman–Crippen LogP) is 5.47. The van der Waals surface area contributed by atoms with Crippen molar-refractivity contribution in [1.82, 2.24) is 24.8 Å². The number of benzene rings is 2. The highest BCUT2D eigenvalue weighted by Gasteiger charge is 2.48. The number of nitrogens with zero attached hydrogens (tertiary/aromatic N) is 6. The van der Waals surface area contributed by atoms with Crippen LogP contribution in [-0.4, -0.2) is 105 Å². The minimum absolute atomic E-state index is 0.0742. The van der Waals surface area contributed by atoms with E-state index in [0.29, 0.717) is 50.1 Å². The van der Waals surface area contributed by atoms with E-state index >= 15 is 4.39 Å². The zero-order chi connectivity index (χ0) is 37.0. The number of amides is 1. The second-order valence-electron chi connectivity index (χ2n) is 14.2. The quantitative estimate of drug-likeness (QED) is 0.148. The summed E-state index contributed by atoms with van der Waals surface area (Å²) in [5.74, 6) is 0.355. The molecule has 2 bridgehead atoms. The van der Waals surface area contributed by atoms with Crippen LogP contribution in [0.5, 0.6) is 11.8 Å². The Bertz CT molecular complexity index is 2170. The number of phenolic OH excluding ortho intramolecular Hbond substituents is 1. The number of alkyl halides is 1. The van der Waals surface area contributed by atoms with Crippen molar-refractivity contribution >= 4 is 39.6 Å². The van der Waals surface area contributed by atoms with Crippen molar-refractivity contribution in [3.8, 4) is 35.4 Å². The summed E-state index contributed by atoms with van der Waals surface area (Å²) < 4.78 is 63.0. The van der Waals surface area contributed by atoms with E-state index in [0.717, 1.165) is 25.8 Å². The second kappa shape index (κ2) is 13.6. The molecule has 4 atom stereocenters. The summed E-state index contributed by atoms with van der Waals surface area (Å²) in [6.07, 6.45) is 9.82. The molecule has 4 aliphatic rings. The van der Waals surface area contributed by atoms with Crippen molar-refractivity contribution in [3.05, 3.63) is 47.7 Å². The van der Waals surface area contributed by atoms with Crippen molar-refractivity contribution in [3.63, 3.8) is 0 Å². The van der Waals surface area contributed by atoms with Crippen molar-refractivity contribution in [1.29, 1.82) is 0 Å². The van der Waals surface area contributed by atoms with Crippen molar-refractivity contribution in [2.75, 3.05) is 44.5 Å². The van der Waals surface area contributed by atoms with Crippen LogP contribution in [0.4, 0.5) is 23.8 Å². The van der Waals surface area contributed by atoms with Crippen LogP contribution in [0.25, 0.3) is 32.9 Å². The Kier molecular flexibility index (Phi) is 8.88. The number of halogens is 3. The average molecular weight is 731 g/mol. The molecule has 4 aromatic rings. The lowest BCUT2D eigenvalue weighted by Gasteiger charge is -2.42. The molecule has 0 saturated carbocycles. The monoisotopic (exact) mass is 730 g/mol. The van der Waals surface area contributed by atoms with Gasteiger partial charge in [-0.3, -0.25) is 19.6 Å². The van der Waals surface area contributed by atoms with Crippen LogP contribution in [0, 0.1) is 24.0 Å². The molecule has 4 saturated heterocycles. The molecule has 2 aromatic heterocycles. The van der Waals surface area contributed by atoms with Gasteiger partial charge in [0, 0.05) is 50.1 Å². The highest BCUT2D eigenvalue weighted by Crippen LogP contribution is 2.42. The first-order valence-corrected chi connectivity index (χ1v) is 17.7. The largest absolute Gasteiger partial charge is 0.508 e. The van der Waals surface area contributed by atoms with Gasteiger partial charge in [0.25, 0.3) is 0 Å². The number of esters is 1. The Balaban J connectivity index is 1.20. The third kappa shape index (κ3) is 6.18. The molecule has 4 aliphatic heterocycles. The summed E-state index contributed by atoms with van der Waals surface area (Å²) in [6.45, 7) is 2.54. The van der Waals surface area contributed by atoms with E-state index in [1.165, 1.54) is 37.4 Å². The molecule has 53 heavy (non-hydrogen) atoms. The number of terminal acetylenes is 1. The van der Waals surface area contributed by atoms with Gasteiger partial charge in [-0.2, -0.15) is 9.97 Å². The Morgan fingerprint density at radius 2 is 1.89 bits per heavy atom. The highest BCUT2D eigenvalue weighted by molar-refractivity contribution is 6.03. The van der Waals surface area contributed by atoms with Crippen LogP contribution in [-0.2, 0) is 14.3 Å². The SMILES string of the molecule is C#Cc1c(F)ccc2cc(O)cc(-c3ncc4c(N5CC6CCC(C5)N6C(=O)OCOC(C)=O)nc(OC[C@@]56CCCCN5C[C@H](F)C6)nc4c3F)c12. The smallest absolute Gasteiger partial charge is 0.413 e. The number of aromatic hydroxyl groups is 1. The number of hydrogen-bond donors (Lipinski definition) is 1. The predicted molar refractivity (Wildman–Crippen MR) is 187 cm³/mol. The van der Waals surface area contributed by atoms with E-state index in [1.54, 1.807) is 4.90 Å². The fourth-order valence-electron chi connectivity index (χ4n) is 8.68. The maximum atomic E-state index is 17.0. The van der Waals surface area contributed by atoms with Crippen molar-refractivity contribution in [2.45, 2.75) is 69.2 Å². The fourth-order valence-corrected chi connectivity index (χ4v) is 8.68. The Labute approximate surface area is 302 Å². The van der Waals surface area contributed by atoms with Crippen LogP contribution >= 0.6 is 0 Å². The van der Waals surface area contributed by atoms with E-state index in [4.69, 9.17) is 25.6 Å². The number of fused-ring (bicyclic) bond motifs is 5. The number of pyridine rings is 1. The number of piperidine rings is 1. The molecular formula is C38H37F3N6O6. The molecule has 15 heteroatoms. The van der Waals surface area contributed by atoms with Gasteiger partial charge in [0.2, 0.25) is 6.79 Å². The number of ether oxygens (including phenoxy) is 3. The fraction of sp³-hybridized carbons (Fsp3) is 0.447. The Morgan fingerprint density at radius 3 is 2.64 bits per heavy atom. The molecule has 0 aliphatic carbocycles. The van der Waals surface area contributed by atoms with Gasteiger partial charge in [-0.15, -0.1) is 6.42 Å². The molecule has 1 amide bonds. The number of aromatic nitrogens is 3. The number of hydrogen-bond acceptors (Lipinski definition) is 11. The molecule has 0 radical (unpaired) electrons. The zero-order valence-electron chi connectivity index (χ0n) is 29.0. The summed E-state index contributed by atoms with van der Waals surface area (Å²) in [6, 6.07) is 4.63. The van der Waals surface area contributed by atoms with Crippen LogP contribution in [0.1, 0.15) is 51.0 Å². The minimum atomic E-state index is -0.988. The second-order valence-corrected chi connectivity index (χ2v) is 14.2. The van der Waals surface area contributed by atoms with E-state index in [-0.39, 0.29) is 63.6 Å². The van der Waals surface area contributed by atoms with Crippen LogP contribution < -0.4 is 9.64 Å². The first kappa shape index (κ1) is 34.7. The van der Waals surface area contributed by atoms with Gasteiger partial charge in [-0.25, -0.2) is 18.0 Å². The number of carbonyl (C=O) groups excluding carboxylic acids is 2. The maximum absolute atomic E-state index is 17.0. The van der Waals surface area contributed by atoms with Crippen molar-refractivity contribution < 1.29 is 42.1 Å². The third-order valence-electron chi connectivity index (χ3n) is 11.0. The molecule has 1 N–H and O–H groups in total. The molecular weight excluding hydrogens is 693 g/mol. The van der Waals surface area contributed by atoms with E-state index < -0.39 is 42.2 Å². The summed E-state index contributed by atoms with van der Waals surface area (Å²) in [5, 5.41) is 11.5. The van der Waals surface area contributed by atoms with E-state index in [1.807, 2.05) is 4.90 Å². The average Bonchev–Trinajstić information content (AvgIpc) is 3.61. The minimum Gasteiger partial charge on any atom is -0.508 e. The lowest BCUT2D eigenvalue weighted by Crippen LogP contribution is -2.56. The van der Waals surface area contributed by atoms with Crippen molar-refractivity contribution in [2.24, 2.45) is 0 Å². The van der Waals surface area contributed by atoms with Crippen LogP contribution in [0.2, 0.25) is 0 Å². The molecule has 6 heterocycles. The topological polar surface area (TPSA) is 130 Å². The van der Waals surface area contributed by atoms with Gasteiger partial charge in [-0.1, -0.05) is 18.4 Å². The van der Waals surface area contributed by atoms with Gasteiger partial charge in [0.15, 0.2) is 5.82 Å². The molecule has 8 rings (SSSR count). The zero-order valence-corrected chi connectivity index (χ0v) is 29.0. The molecule has 4 fully saturated rings. The standard InChI is InChI=1S/C38H37F3N6O6/c1-3-27-30(40)9-6-22-12-26(49)13-28(31(22)27)33-32(41)34-29(15-42-33)35(44-36(43-34)51-19-38-10-4-5-11-46(38)16-23(39)14-38)45-17-24-7-8-25(18-45)47(24)37(50)53-20-52-21(2)48/h1,6,9,12-13,15,23-25,49H,4-5,7-8,10-11,14,16-20H2,2H3/t23-,24?,25?,38+/m1/s1. The van der Waals surface area contributed by atoms with Gasteiger partial charge in [-0.05, 0) is 55.8 Å². The summed E-state index contributed by atoms with van der Waals surface area (Å²) in [5.41, 5.74) is -0.918. The molecule has 2 aromatic carbocycles. The molecule has 12 nitrogen and oxygen atoms in total. The normalized spacial score (nSPS) is 23.9. The van der Waals surface area contributed by atoms with E-state index in [2.05, 4.69) is 20.8 Å². The first-order chi connectivity index (χ1) is 25.5. The lowest BCUT2D eigenvalue weighted by atomic mass is 9.87. The highest BCUT2D eigenvalue weighted by atomic mass is 19.1. The third-order valence-corrected chi connectivity index (χ3v) is 11.0. The van der Waals surface area contributed by atoms with Crippen LogP contribution in [0.3, 0.4) is 0 Å². The molecule has 276 valence electrons. The first-order valence-electron chi connectivity index (χ1n) is 17.7. The van der Waals surface area contributed by atoms with Gasteiger partial charge >= 0.3 is 18.1 Å². The number of rotatable bonds is 7. The number of piperazine rings is 1. The Morgan fingerprint density at radius 1 is 1.09 bits per heavy atom. The molecule has 2 unspecified atom stereocenters. The summed E-state index contributed by atoms with van der Waals surface area (Å²) in [7, 11) is 0. The van der Waals surface area contributed by atoms with Gasteiger partial charge < -0.3 is 24.2 Å². The maximum Gasteiger partial charge on any atom is 0.413 e. The summed E-state index contributed by atoms with van der Waals surface area (Å²) in [4.78, 5) is 43.7. The number of phenols is 1. The van der Waals surface area contributed by atoms with Crippen LogP contribution in [0.15, 0.2) is 30.5 Å². The van der Waals surface area contributed by atoms with Gasteiger partial charge in [0.05, 0.1) is 28.6 Å². The summed E-state index contributed by atoms with van der Waals surface area (Å²) >= 11 is 0. The van der Waals surface area contributed by atoms with E-state index in [9.17, 15) is 23.5 Å². The van der Waals surface area contributed by atoms with Gasteiger partial charge in [0.1, 0.15) is 41.4 Å². The Hall–Kier alpha value is -5.36. The number of anilines is 1. The molecule has 0 spiro atoms.